The number of thioether (sulfide) groups is 1. The van der Waals surface area contributed by atoms with Crippen molar-refractivity contribution in [2.75, 3.05) is 5.32 Å². The van der Waals surface area contributed by atoms with Gasteiger partial charge in [0.2, 0.25) is 11.1 Å². The van der Waals surface area contributed by atoms with Gasteiger partial charge in [-0.3, -0.25) is 4.79 Å². The Labute approximate surface area is 147 Å². The number of nitriles is 1. The summed E-state index contributed by atoms with van der Waals surface area (Å²) in [5, 5.41) is 22.3. The number of alkyl halides is 3. The number of halogens is 3. The lowest BCUT2D eigenvalue weighted by molar-refractivity contribution is -0.147. The molecule has 0 saturated carbocycles. The molecule has 3 heterocycles. The third kappa shape index (κ3) is 2.03. The molecule has 2 aliphatic rings. The number of amidine groups is 1. The molecule has 1 spiro atoms. The second-order valence-electron chi connectivity index (χ2n) is 5.54. The van der Waals surface area contributed by atoms with E-state index in [1.165, 1.54) is 0 Å². The molecule has 0 unspecified atom stereocenters. The molecular formula is C14H8F3N7OS. The molecule has 0 bridgehead atoms. The highest BCUT2D eigenvalue weighted by molar-refractivity contribution is 8.01. The Kier molecular flexibility index (Phi) is 3.29. The molecule has 8 nitrogen and oxygen atoms in total. The van der Waals surface area contributed by atoms with Crippen molar-refractivity contribution < 1.29 is 18.0 Å². The summed E-state index contributed by atoms with van der Waals surface area (Å²) in [6.45, 7) is 0. The zero-order chi connectivity index (χ0) is 18.7. The van der Waals surface area contributed by atoms with Gasteiger partial charge < -0.3 is 11.1 Å². The first kappa shape index (κ1) is 16.4. The summed E-state index contributed by atoms with van der Waals surface area (Å²) in [5.74, 6) is -3.71. The predicted molar refractivity (Wildman–Crippen MR) is 83.8 cm³/mol. The van der Waals surface area contributed by atoms with Crippen LogP contribution in [0, 0.1) is 17.2 Å². The summed E-state index contributed by atoms with van der Waals surface area (Å²) in [7, 11) is 0. The number of aromatic nitrogens is 3. The molecule has 0 saturated heterocycles. The predicted octanol–water partition coefficient (Wildman–Crippen LogP) is 1.51. The molecule has 26 heavy (non-hydrogen) atoms. The molecule has 12 heteroatoms. The van der Waals surface area contributed by atoms with Crippen LogP contribution >= 0.6 is 11.8 Å². The van der Waals surface area contributed by atoms with Gasteiger partial charge in [-0.15, -0.1) is 15.3 Å². The Balaban J connectivity index is 2.00. The highest BCUT2D eigenvalue weighted by Crippen LogP contribution is 2.54. The number of fused-ring (bicyclic) bond motifs is 3. The van der Waals surface area contributed by atoms with E-state index in [4.69, 9.17) is 5.73 Å². The van der Waals surface area contributed by atoms with Crippen molar-refractivity contribution in [3.63, 3.8) is 0 Å². The van der Waals surface area contributed by atoms with Crippen LogP contribution in [0.5, 0.6) is 0 Å². The number of rotatable bonds is 0. The van der Waals surface area contributed by atoms with Gasteiger partial charge in [-0.05, 0) is 6.07 Å². The molecule has 2 atom stereocenters. The van der Waals surface area contributed by atoms with E-state index >= 15 is 0 Å². The zero-order valence-corrected chi connectivity index (χ0v) is 13.5. The first-order chi connectivity index (χ1) is 12.3. The second-order valence-corrected chi connectivity index (χ2v) is 6.75. The van der Waals surface area contributed by atoms with Gasteiger partial charge in [-0.1, -0.05) is 30.0 Å². The molecule has 1 aromatic heterocycles. The Morgan fingerprint density at radius 1 is 1.35 bits per heavy atom. The molecule has 0 radical (unpaired) electrons. The smallest absolute Gasteiger partial charge is 0.385 e. The molecular weight excluding hydrogens is 371 g/mol. The van der Waals surface area contributed by atoms with Crippen molar-refractivity contribution >= 4 is 29.2 Å². The monoisotopic (exact) mass is 379 g/mol. The average Bonchev–Trinajstić information content (AvgIpc) is 3.05. The van der Waals surface area contributed by atoms with Gasteiger partial charge in [0.15, 0.2) is 4.75 Å². The van der Waals surface area contributed by atoms with Gasteiger partial charge in [0.25, 0.3) is 5.82 Å². The fraction of sp³-hybridized carbons (Fsp3) is 0.214. The third-order valence-corrected chi connectivity index (χ3v) is 5.48. The minimum absolute atomic E-state index is 0.287. The van der Waals surface area contributed by atoms with Gasteiger partial charge in [-0.2, -0.15) is 23.1 Å². The largest absolute Gasteiger partial charge is 0.453 e. The zero-order valence-electron chi connectivity index (χ0n) is 12.7. The van der Waals surface area contributed by atoms with E-state index in [0.29, 0.717) is 27.7 Å². The number of anilines is 1. The van der Waals surface area contributed by atoms with Crippen molar-refractivity contribution in [2.45, 2.75) is 16.1 Å². The number of carbonyl (C=O) groups is 1. The topological polar surface area (TPSA) is 122 Å². The van der Waals surface area contributed by atoms with Gasteiger partial charge in [0.05, 0.1) is 6.07 Å². The number of nitrogens with one attached hydrogen (secondary N) is 1. The molecule has 0 aliphatic carbocycles. The summed E-state index contributed by atoms with van der Waals surface area (Å²) in [6, 6.07) is 8.47. The fourth-order valence-corrected chi connectivity index (χ4v) is 4.29. The molecule has 2 aromatic rings. The number of hydrogen-bond donors (Lipinski definition) is 2. The van der Waals surface area contributed by atoms with Gasteiger partial charge in [-0.25, -0.2) is 0 Å². The summed E-state index contributed by atoms with van der Waals surface area (Å²) in [4.78, 5) is 12.8. The highest BCUT2D eigenvalue weighted by atomic mass is 32.2. The van der Waals surface area contributed by atoms with Crippen molar-refractivity contribution in [2.24, 2.45) is 16.8 Å². The minimum Gasteiger partial charge on any atom is -0.385 e. The van der Waals surface area contributed by atoms with Gasteiger partial charge in [0.1, 0.15) is 11.8 Å². The molecule has 132 valence electrons. The molecule has 3 N–H and O–H groups in total. The van der Waals surface area contributed by atoms with Crippen LogP contribution in [0.4, 0.5) is 18.9 Å². The number of para-hydroxylation sites is 1. The van der Waals surface area contributed by atoms with Crippen LogP contribution < -0.4 is 11.1 Å². The summed E-state index contributed by atoms with van der Waals surface area (Å²) < 4.78 is 38.2. The van der Waals surface area contributed by atoms with Crippen LogP contribution in [0.15, 0.2) is 34.5 Å². The maximum Gasteiger partial charge on any atom is 0.453 e. The van der Waals surface area contributed by atoms with Crippen LogP contribution in [0.1, 0.15) is 11.4 Å². The second kappa shape index (κ2) is 5.21. The van der Waals surface area contributed by atoms with E-state index in [2.05, 4.69) is 20.6 Å². The average molecular weight is 379 g/mol. The number of hydrogen-bond acceptors (Lipinski definition) is 7. The SMILES string of the molecule is N#C[C@H]1C(N)=Nn2c(nnc2C(F)(F)F)S[C@]12C(=O)Nc1ccccc12. The number of carbonyl (C=O) groups excluding carboxylic acids is 1. The number of amides is 1. The van der Waals surface area contributed by atoms with Crippen molar-refractivity contribution in [3.05, 3.63) is 35.7 Å². The molecule has 0 fully saturated rings. The number of benzene rings is 1. The van der Waals surface area contributed by atoms with Crippen molar-refractivity contribution in [1.29, 1.82) is 5.26 Å². The van der Waals surface area contributed by atoms with E-state index in [1.54, 1.807) is 24.3 Å². The Bertz CT molecular complexity index is 1010. The minimum atomic E-state index is -4.83. The van der Waals surface area contributed by atoms with E-state index in [9.17, 15) is 23.2 Å². The van der Waals surface area contributed by atoms with E-state index in [0.717, 1.165) is 0 Å². The van der Waals surface area contributed by atoms with Gasteiger partial charge >= 0.3 is 6.18 Å². The first-order valence-electron chi connectivity index (χ1n) is 7.15. The van der Waals surface area contributed by atoms with Crippen LogP contribution in [-0.4, -0.2) is 26.6 Å². The Hall–Kier alpha value is -3.07. The molecule has 1 aromatic carbocycles. The lowest BCUT2D eigenvalue weighted by Crippen LogP contribution is -2.44. The molecule has 1 amide bonds. The van der Waals surface area contributed by atoms with Crippen molar-refractivity contribution in [3.8, 4) is 6.07 Å². The lowest BCUT2D eigenvalue weighted by atomic mass is 9.86. The molecule has 4 rings (SSSR count). The summed E-state index contributed by atoms with van der Waals surface area (Å²) in [5.41, 5.74) is 6.71. The van der Waals surface area contributed by atoms with Crippen LogP contribution in [0.25, 0.3) is 0 Å². The lowest BCUT2D eigenvalue weighted by Gasteiger charge is -2.28. The summed E-state index contributed by atoms with van der Waals surface area (Å²) >= 11 is 0.672. The fourth-order valence-electron chi connectivity index (χ4n) is 2.98. The van der Waals surface area contributed by atoms with E-state index < -0.39 is 34.4 Å². The third-order valence-electron chi connectivity index (χ3n) is 4.08. The molecule has 2 aliphatic heterocycles. The maximum absolute atomic E-state index is 13.1. The number of nitrogens with zero attached hydrogens (tertiary/aromatic N) is 5. The number of nitrogens with two attached hydrogens (primary N) is 1. The first-order valence-corrected chi connectivity index (χ1v) is 7.97. The standard InChI is InChI=1S/C14H8F3N7OS/c15-14(16,17)10-21-22-12-24(10)23-9(19)7(5-18)13(26-12)6-3-1-2-4-8(6)20-11(13)25/h1-4,7H,(H2,19,23)(H,20,25)/t7-,13-/m0/s1. The normalized spacial score (nSPS) is 24.3. The van der Waals surface area contributed by atoms with Crippen molar-refractivity contribution in [1.82, 2.24) is 14.9 Å². The maximum atomic E-state index is 13.1. The van der Waals surface area contributed by atoms with Crippen LogP contribution in [-0.2, 0) is 15.7 Å². The quantitative estimate of drug-likeness (QED) is 0.715. The highest BCUT2D eigenvalue weighted by Gasteiger charge is 2.58. The van der Waals surface area contributed by atoms with Crippen LogP contribution in [0.2, 0.25) is 0 Å². The van der Waals surface area contributed by atoms with E-state index in [1.807, 2.05) is 6.07 Å². The summed E-state index contributed by atoms with van der Waals surface area (Å²) in [6.07, 6.45) is -4.83. The Morgan fingerprint density at radius 3 is 2.77 bits per heavy atom. The van der Waals surface area contributed by atoms with E-state index in [-0.39, 0.29) is 5.16 Å². The van der Waals surface area contributed by atoms with Gasteiger partial charge in [0, 0.05) is 11.3 Å². The Morgan fingerprint density at radius 2 is 2.08 bits per heavy atom. The van der Waals surface area contributed by atoms with Crippen LogP contribution in [0.3, 0.4) is 0 Å².